The molecule has 0 spiro atoms. The van der Waals surface area contributed by atoms with Gasteiger partial charge in [0.1, 0.15) is 11.5 Å². The van der Waals surface area contributed by atoms with Crippen LogP contribution < -0.4 is 7.80 Å². The first-order chi connectivity index (χ1) is 5.72. The van der Waals surface area contributed by atoms with E-state index >= 15 is 0 Å². The Morgan fingerprint density at radius 3 is 2.50 bits per heavy atom. The highest BCUT2D eigenvalue weighted by molar-refractivity contribution is 14.1. The van der Waals surface area contributed by atoms with Crippen molar-refractivity contribution in [2.45, 2.75) is 20.0 Å². The van der Waals surface area contributed by atoms with E-state index in [1.165, 1.54) is 0 Å². The first-order valence-corrected chi connectivity index (χ1v) is 4.66. The lowest BCUT2D eigenvalue weighted by Gasteiger charge is -2.09. The average Bonchev–Trinajstić information content (AvgIpc) is 2.03. The smallest absolute Gasteiger partial charge is 0.192 e. The Kier molecular flexibility index (Phi) is 3.65. The molecule has 0 radical (unpaired) electrons. The van der Waals surface area contributed by atoms with E-state index in [2.05, 4.69) is 0 Å². The van der Waals surface area contributed by atoms with Gasteiger partial charge >= 0.3 is 0 Å². The molecule has 0 saturated heterocycles. The molecule has 0 atom stereocenters. The zero-order chi connectivity index (χ0) is 8.97. The van der Waals surface area contributed by atoms with Crippen molar-refractivity contribution in [2.24, 2.45) is 0 Å². The molecule has 0 aliphatic heterocycles. The molecule has 0 aliphatic carbocycles. The highest BCUT2D eigenvalue weighted by Gasteiger charge is 1.98. The molecule has 0 aromatic heterocycles. The minimum Gasteiger partial charge on any atom is -0.491 e. The van der Waals surface area contributed by atoms with Crippen LogP contribution >= 0.6 is 23.0 Å². The third-order valence-corrected chi connectivity index (χ3v) is 1.77. The maximum Gasteiger partial charge on any atom is 0.192 e. The van der Waals surface area contributed by atoms with Gasteiger partial charge in [-0.3, -0.25) is 0 Å². The number of hydrogen-bond donors (Lipinski definition) is 0. The summed E-state index contributed by atoms with van der Waals surface area (Å²) in [6.45, 7) is 4.00. The molecule has 0 saturated carbocycles. The van der Waals surface area contributed by atoms with Gasteiger partial charge in [-0.25, -0.2) is 0 Å². The second-order valence-electron chi connectivity index (χ2n) is 2.72. The van der Waals surface area contributed by atoms with Crippen molar-refractivity contribution >= 4 is 23.0 Å². The molecule has 1 rings (SSSR count). The molecule has 0 heterocycles. The first-order valence-electron chi connectivity index (χ1n) is 3.77. The summed E-state index contributed by atoms with van der Waals surface area (Å²) in [5, 5.41) is 0. The van der Waals surface area contributed by atoms with Gasteiger partial charge in [0.05, 0.1) is 6.10 Å². The lowest BCUT2D eigenvalue weighted by molar-refractivity contribution is 0.242. The predicted molar refractivity (Wildman–Crippen MR) is 56.9 cm³/mol. The maximum absolute atomic E-state index is 5.47. The van der Waals surface area contributed by atoms with Gasteiger partial charge in [-0.2, -0.15) is 0 Å². The molecule has 66 valence electrons. The van der Waals surface area contributed by atoms with Crippen LogP contribution in [0.25, 0.3) is 0 Å². The highest BCUT2D eigenvalue weighted by atomic mass is 127. The van der Waals surface area contributed by atoms with Crippen LogP contribution in [0, 0.1) is 0 Å². The van der Waals surface area contributed by atoms with E-state index in [0.717, 1.165) is 11.5 Å². The van der Waals surface area contributed by atoms with Gasteiger partial charge in [-0.15, -0.1) is 0 Å². The number of benzene rings is 1. The molecule has 0 aliphatic rings. The van der Waals surface area contributed by atoms with Gasteiger partial charge in [-0.05, 0) is 26.0 Å². The van der Waals surface area contributed by atoms with Gasteiger partial charge in [0.15, 0.2) is 23.0 Å². The second-order valence-corrected chi connectivity index (χ2v) is 3.16. The summed E-state index contributed by atoms with van der Waals surface area (Å²) in [5.41, 5.74) is 0. The molecule has 0 unspecified atom stereocenters. The number of halogens is 1. The van der Waals surface area contributed by atoms with E-state index in [-0.39, 0.29) is 6.10 Å². The Bertz CT molecular complexity index is 248. The van der Waals surface area contributed by atoms with Gasteiger partial charge < -0.3 is 7.80 Å². The van der Waals surface area contributed by atoms with Crippen LogP contribution in [0.5, 0.6) is 11.5 Å². The maximum atomic E-state index is 5.47. The van der Waals surface area contributed by atoms with E-state index in [0.29, 0.717) is 0 Å². The summed E-state index contributed by atoms with van der Waals surface area (Å²) in [5.74, 6) is 1.66. The quantitative estimate of drug-likeness (QED) is 0.790. The van der Waals surface area contributed by atoms with Gasteiger partial charge in [0.25, 0.3) is 0 Å². The zero-order valence-corrected chi connectivity index (χ0v) is 9.24. The minimum absolute atomic E-state index is 0.203. The summed E-state index contributed by atoms with van der Waals surface area (Å²) in [7, 11) is 0. The number of ether oxygens (including phenoxy) is 1. The Balaban J connectivity index is 2.72. The van der Waals surface area contributed by atoms with Crippen LogP contribution in [-0.2, 0) is 0 Å². The van der Waals surface area contributed by atoms with E-state index in [1.807, 2.05) is 61.1 Å². The SMILES string of the molecule is CC(C)Oc1cccc(OI)c1. The molecule has 1 aromatic rings. The van der Waals surface area contributed by atoms with Crippen molar-refractivity contribution in [3.63, 3.8) is 0 Å². The molecular weight excluding hydrogens is 267 g/mol. The van der Waals surface area contributed by atoms with Crippen molar-refractivity contribution in [1.82, 2.24) is 0 Å². The second kappa shape index (κ2) is 4.54. The third kappa shape index (κ3) is 2.89. The van der Waals surface area contributed by atoms with Crippen LogP contribution in [-0.4, -0.2) is 6.10 Å². The Hall–Kier alpha value is -0.450. The minimum atomic E-state index is 0.203. The van der Waals surface area contributed by atoms with E-state index in [4.69, 9.17) is 7.80 Å². The molecule has 2 nitrogen and oxygen atoms in total. The Labute approximate surface area is 86.6 Å². The fourth-order valence-electron chi connectivity index (χ4n) is 0.868. The van der Waals surface area contributed by atoms with Crippen LogP contribution in [0.2, 0.25) is 0 Å². The van der Waals surface area contributed by atoms with E-state index in [9.17, 15) is 0 Å². The fraction of sp³-hybridized carbons (Fsp3) is 0.333. The van der Waals surface area contributed by atoms with Crippen molar-refractivity contribution < 1.29 is 7.80 Å². The first kappa shape index (κ1) is 9.64. The number of rotatable bonds is 3. The summed E-state index contributed by atoms with van der Waals surface area (Å²) in [4.78, 5) is 0. The summed E-state index contributed by atoms with van der Waals surface area (Å²) in [6.07, 6.45) is 0.203. The summed E-state index contributed by atoms with van der Waals surface area (Å²) >= 11 is 1.85. The van der Waals surface area contributed by atoms with Crippen LogP contribution in [0.1, 0.15) is 13.8 Å². The lowest BCUT2D eigenvalue weighted by Crippen LogP contribution is -2.05. The zero-order valence-electron chi connectivity index (χ0n) is 7.08. The standard InChI is InChI=1S/C9H11IO2/c1-7(2)11-8-4-3-5-9(6-8)12-10/h3-7H,1-2H3. The van der Waals surface area contributed by atoms with Crippen LogP contribution in [0.4, 0.5) is 0 Å². The van der Waals surface area contributed by atoms with Crippen molar-refractivity contribution in [2.75, 3.05) is 0 Å². The van der Waals surface area contributed by atoms with Gasteiger partial charge in [0.2, 0.25) is 0 Å². The van der Waals surface area contributed by atoms with E-state index < -0.39 is 0 Å². The lowest BCUT2D eigenvalue weighted by atomic mass is 10.3. The molecule has 1 aromatic carbocycles. The molecule has 0 fully saturated rings. The van der Waals surface area contributed by atoms with Gasteiger partial charge in [0, 0.05) is 6.07 Å². The average molecular weight is 278 g/mol. The molecule has 0 N–H and O–H groups in total. The number of hydrogen-bond acceptors (Lipinski definition) is 2. The molecule has 3 heteroatoms. The van der Waals surface area contributed by atoms with Crippen molar-refractivity contribution in [3.8, 4) is 11.5 Å². The van der Waals surface area contributed by atoms with Gasteiger partial charge in [-0.1, -0.05) is 6.07 Å². The molecule has 0 bridgehead atoms. The summed E-state index contributed by atoms with van der Waals surface area (Å²) in [6, 6.07) is 7.58. The summed E-state index contributed by atoms with van der Waals surface area (Å²) < 4.78 is 10.5. The Morgan fingerprint density at radius 2 is 1.92 bits per heavy atom. The monoisotopic (exact) mass is 278 g/mol. The fourth-order valence-corrected chi connectivity index (χ4v) is 1.14. The van der Waals surface area contributed by atoms with E-state index in [1.54, 1.807) is 0 Å². The predicted octanol–water partition coefficient (Wildman–Crippen LogP) is 3.20. The van der Waals surface area contributed by atoms with Crippen LogP contribution in [0.15, 0.2) is 24.3 Å². The van der Waals surface area contributed by atoms with Crippen molar-refractivity contribution in [3.05, 3.63) is 24.3 Å². The van der Waals surface area contributed by atoms with Crippen LogP contribution in [0.3, 0.4) is 0 Å². The van der Waals surface area contributed by atoms with Crippen molar-refractivity contribution in [1.29, 1.82) is 0 Å². The topological polar surface area (TPSA) is 18.5 Å². The largest absolute Gasteiger partial charge is 0.491 e. The molecule has 12 heavy (non-hydrogen) atoms. The molecular formula is C9H11IO2. The molecule has 0 amide bonds. The normalized spacial score (nSPS) is 10.0. The highest BCUT2D eigenvalue weighted by Crippen LogP contribution is 2.21. The Morgan fingerprint density at radius 1 is 1.25 bits per heavy atom. The third-order valence-electron chi connectivity index (χ3n) is 1.27.